The van der Waals surface area contributed by atoms with E-state index in [0.717, 1.165) is 6.26 Å². The van der Waals surface area contributed by atoms with Gasteiger partial charge in [0.2, 0.25) is 0 Å². The molecule has 0 atom stereocenters. The number of anilines is 1. The van der Waals surface area contributed by atoms with E-state index in [2.05, 4.69) is 0 Å². The molecular formula is C14H10F3NO3. The highest BCUT2D eigenvalue weighted by Gasteiger charge is 2.39. The van der Waals surface area contributed by atoms with Crippen LogP contribution >= 0.6 is 0 Å². The molecule has 0 radical (unpaired) electrons. The lowest BCUT2D eigenvalue weighted by Gasteiger charge is -2.11. The third kappa shape index (κ3) is 2.96. The summed E-state index contributed by atoms with van der Waals surface area (Å²) < 4.78 is 42.2. The zero-order valence-electron chi connectivity index (χ0n) is 10.8. The Bertz CT molecular complexity index is 775. The molecule has 0 saturated heterocycles. The number of amides is 1. The van der Waals surface area contributed by atoms with Crippen LogP contribution in [0.15, 0.2) is 39.7 Å². The summed E-state index contributed by atoms with van der Waals surface area (Å²) in [5.41, 5.74) is -0.0983. The van der Waals surface area contributed by atoms with Gasteiger partial charge in [0.1, 0.15) is 5.58 Å². The van der Waals surface area contributed by atoms with E-state index in [1.165, 1.54) is 24.3 Å². The quantitative estimate of drug-likeness (QED) is 0.925. The van der Waals surface area contributed by atoms with Crippen LogP contribution in [0.2, 0.25) is 0 Å². The Hall–Kier alpha value is -2.57. The lowest BCUT2D eigenvalue weighted by atomic mass is 10.1. The molecule has 0 aliphatic carbocycles. The van der Waals surface area contributed by atoms with E-state index in [0.29, 0.717) is 0 Å². The molecule has 7 heteroatoms. The fourth-order valence-corrected chi connectivity index (χ4v) is 1.81. The van der Waals surface area contributed by atoms with Crippen molar-refractivity contribution in [2.24, 2.45) is 0 Å². The predicted octanol–water partition coefficient (Wildman–Crippen LogP) is 3.33. The molecule has 110 valence electrons. The van der Waals surface area contributed by atoms with E-state index in [1.807, 2.05) is 0 Å². The van der Waals surface area contributed by atoms with Gasteiger partial charge in [0, 0.05) is 11.6 Å². The Morgan fingerprint density at radius 3 is 2.62 bits per heavy atom. The van der Waals surface area contributed by atoms with Crippen LogP contribution in [-0.4, -0.2) is 12.1 Å². The van der Waals surface area contributed by atoms with Crippen molar-refractivity contribution in [3.8, 4) is 0 Å². The van der Waals surface area contributed by atoms with Gasteiger partial charge in [-0.05, 0) is 19.1 Å². The summed E-state index contributed by atoms with van der Waals surface area (Å²) in [4.78, 5) is 22.7. The molecule has 2 aromatic rings. The molecule has 4 nitrogen and oxygen atoms in total. The van der Waals surface area contributed by atoms with E-state index >= 15 is 0 Å². The molecule has 21 heavy (non-hydrogen) atoms. The van der Waals surface area contributed by atoms with E-state index in [1.54, 1.807) is 18.3 Å². The summed E-state index contributed by atoms with van der Waals surface area (Å²) in [6, 6.07) is 3.74. The second-order valence-electron chi connectivity index (χ2n) is 4.14. The number of allylic oxidation sites excluding steroid dienone is 1. The first kappa shape index (κ1) is 14.8. The van der Waals surface area contributed by atoms with Crippen molar-refractivity contribution in [3.63, 3.8) is 0 Å². The minimum absolute atomic E-state index is 0.0859. The number of nitrogens with one attached hydrogen (secondary N) is 1. The summed E-state index contributed by atoms with van der Waals surface area (Å²) in [6.07, 6.45) is -0.838. The summed E-state index contributed by atoms with van der Waals surface area (Å²) in [7, 11) is 0. The molecule has 0 saturated carbocycles. The van der Waals surface area contributed by atoms with Gasteiger partial charge in [-0.15, -0.1) is 0 Å². The predicted molar refractivity (Wildman–Crippen MR) is 71.9 cm³/mol. The number of hydrogen-bond donors (Lipinski definition) is 1. The van der Waals surface area contributed by atoms with E-state index in [-0.39, 0.29) is 27.6 Å². The van der Waals surface area contributed by atoms with Crippen molar-refractivity contribution in [2.75, 3.05) is 5.32 Å². The van der Waals surface area contributed by atoms with Gasteiger partial charge >= 0.3 is 12.1 Å². The van der Waals surface area contributed by atoms with Crippen LogP contribution in [0, 0.1) is 0 Å². The summed E-state index contributed by atoms with van der Waals surface area (Å²) >= 11 is 0. The normalized spacial score (nSPS) is 12.0. The number of benzene rings is 1. The van der Waals surface area contributed by atoms with Gasteiger partial charge < -0.3 is 9.73 Å². The zero-order chi connectivity index (χ0) is 15.6. The molecule has 0 bridgehead atoms. The topological polar surface area (TPSA) is 59.3 Å². The average molecular weight is 297 g/mol. The minimum Gasteiger partial charge on any atom is -0.463 e. The smallest absolute Gasteiger partial charge is 0.463 e. The Kier molecular flexibility index (Phi) is 3.84. The van der Waals surface area contributed by atoms with Crippen molar-refractivity contribution in [2.45, 2.75) is 13.1 Å². The van der Waals surface area contributed by atoms with Crippen LogP contribution in [-0.2, 0) is 4.79 Å². The largest absolute Gasteiger partial charge is 0.471 e. The van der Waals surface area contributed by atoms with Gasteiger partial charge in [0.15, 0.2) is 5.43 Å². The Morgan fingerprint density at radius 2 is 2.00 bits per heavy atom. The summed E-state index contributed by atoms with van der Waals surface area (Å²) in [5, 5.41) is 1.99. The lowest BCUT2D eigenvalue weighted by Crippen LogP contribution is -2.30. The van der Waals surface area contributed by atoms with Crippen LogP contribution in [0.3, 0.4) is 0 Å². The van der Waals surface area contributed by atoms with Crippen molar-refractivity contribution < 1.29 is 22.4 Å². The number of alkyl halides is 3. The molecule has 1 N–H and O–H groups in total. The monoisotopic (exact) mass is 297 g/mol. The molecule has 0 spiro atoms. The Labute approximate surface area is 116 Å². The molecule has 0 fully saturated rings. The standard InChI is InChI=1S/C14H10F3NO3/c1-2-3-8-10(18-13(20)14(15,16)17)5-4-9-11(19)6-7-21-12(8)9/h2-7H,1H3,(H,18,20). The van der Waals surface area contributed by atoms with Crippen molar-refractivity contribution in [1.82, 2.24) is 0 Å². The van der Waals surface area contributed by atoms with Gasteiger partial charge in [-0.1, -0.05) is 12.2 Å². The average Bonchev–Trinajstić information content (AvgIpc) is 2.40. The number of hydrogen-bond acceptors (Lipinski definition) is 3. The second-order valence-corrected chi connectivity index (χ2v) is 4.14. The molecule has 1 heterocycles. The summed E-state index contributed by atoms with van der Waals surface area (Å²) in [5.74, 6) is -2.09. The zero-order valence-corrected chi connectivity index (χ0v) is 10.8. The Morgan fingerprint density at radius 1 is 1.29 bits per heavy atom. The third-order valence-corrected chi connectivity index (χ3v) is 2.71. The van der Waals surface area contributed by atoms with Gasteiger partial charge in [0.05, 0.1) is 17.3 Å². The van der Waals surface area contributed by atoms with Gasteiger partial charge in [-0.2, -0.15) is 13.2 Å². The highest BCUT2D eigenvalue weighted by atomic mass is 19.4. The van der Waals surface area contributed by atoms with Crippen LogP contribution in [0.1, 0.15) is 12.5 Å². The first-order valence-corrected chi connectivity index (χ1v) is 5.90. The molecular weight excluding hydrogens is 287 g/mol. The molecule has 1 aromatic heterocycles. The molecule has 1 aromatic carbocycles. The highest BCUT2D eigenvalue weighted by Crippen LogP contribution is 2.27. The molecule has 0 unspecified atom stereocenters. The molecule has 0 aliphatic heterocycles. The van der Waals surface area contributed by atoms with E-state index in [4.69, 9.17) is 4.42 Å². The maximum absolute atomic E-state index is 12.3. The second kappa shape index (κ2) is 5.43. The van der Waals surface area contributed by atoms with Gasteiger partial charge in [-0.25, -0.2) is 0 Å². The number of rotatable bonds is 2. The minimum atomic E-state index is -5.00. The van der Waals surface area contributed by atoms with Crippen LogP contribution < -0.4 is 10.7 Å². The number of carbonyl (C=O) groups is 1. The number of carbonyl (C=O) groups excluding carboxylic acids is 1. The fraction of sp³-hybridized carbons (Fsp3) is 0.143. The fourth-order valence-electron chi connectivity index (χ4n) is 1.81. The van der Waals surface area contributed by atoms with E-state index in [9.17, 15) is 22.8 Å². The van der Waals surface area contributed by atoms with E-state index < -0.39 is 12.1 Å². The number of halogens is 3. The first-order chi connectivity index (χ1) is 9.84. The van der Waals surface area contributed by atoms with Crippen molar-refractivity contribution in [1.29, 1.82) is 0 Å². The van der Waals surface area contributed by atoms with Crippen LogP contribution in [0.25, 0.3) is 17.0 Å². The Balaban J connectivity index is 2.62. The number of fused-ring (bicyclic) bond motifs is 1. The van der Waals surface area contributed by atoms with Crippen LogP contribution in [0.4, 0.5) is 18.9 Å². The van der Waals surface area contributed by atoms with Crippen molar-refractivity contribution in [3.05, 3.63) is 46.3 Å². The third-order valence-electron chi connectivity index (χ3n) is 2.71. The first-order valence-electron chi connectivity index (χ1n) is 5.90. The van der Waals surface area contributed by atoms with Gasteiger partial charge in [0.25, 0.3) is 0 Å². The maximum atomic E-state index is 12.3. The molecule has 1 amide bonds. The SMILES string of the molecule is CC=Cc1c(NC(=O)C(F)(F)F)ccc2c(=O)ccoc12. The maximum Gasteiger partial charge on any atom is 0.471 e. The molecule has 0 aliphatic rings. The van der Waals surface area contributed by atoms with Crippen molar-refractivity contribution >= 4 is 28.6 Å². The summed E-state index contributed by atoms with van der Waals surface area (Å²) in [6.45, 7) is 1.65. The highest BCUT2D eigenvalue weighted by molar-refractivity contribution is 6.00. The lowest BCUT2D eigenvalue weighted by molar-refractivity contribution is -0.167. The molecule has 2 rings (SSSR count). The van der Waals surface area contributed by atoms with Crippen LogP contribution in [0.5, 0.6) is 0 Å². The van der Waals surface area contributed by atoms with Gasteiger partial charge in [-0.3, -0.25) is 9.59 Å².